The summed E-state index contributed by atoms with van der Waals surface area (Å²) in [6.07, 6.45) is 3.17. The van der Waals surface area contributed by atoms with Crippen LogP contribution in [-0.4, -0.2) is 41.8 Å². The lowest BCUT2D eigenvalue weighted by atomic mass is 9.98. The van der Waals surface area contributed by atoms with Crippen molar-refractivity contribution in [3.8, 4) is 0 Å². The van der Waals surface area contributed by atoms with Crippen LogP contribution in [0.5, 0.6) is 0 Å². The lowest BCUT2D eigenvalue weighted by molar-refractivity contribution is 0.00884. The molecule has 4 heteroatoms. The van der Waals surface area contributed by atoms with Crippen LogP contribution in [0.2, 0.25) is 0 Å². The highest BCUT2D eigenvalue weighted by Crippen LogP contribution is 2.25. The average Bonchev–Trinajstić information content (AvgIpc) is 2.61. The second-order valence-electron chi connectivity index (χ2n) is 5.73. The van der Waals surface area contributed by atoms with E-state index in [1.807, 2.05) is 25.7 Å². The van der Waals surface area contributed by atoms with Crippen molar-refractivity contribution in [3.05, 3.63) is 0 Å². The van der Waals surface area contributed by atoms with Crippen LogP contribution in [0.25, 0.3) is 0 Å². The molecule has 2 heterocycles. The minimum absolute atomic E-state index is 0.147. The number of amides is 1. The van der Waals surface area contributed by atoms with Gasteiger partial charge in [-0.15, -0.1) is 0 Å². The molecule has 2 saturated heterocycles. The van der Waals surface area contributed by atoms with Gasteiger partial charge in [0.25, 0.3) is 0 Å². The van der Waals surface area contributed by atoms with Gasteiger partial charge >= 0.3 is 6.09 Å². The first-order chi connectivity index (χ1) is 7.47. The van der Waals surface area contributed by atoms with E-state index < -0.39 is 5.60 Å². The van der Waals surface area contributed by atoms with E-state index in [9.17, 15) is 4.79 Å². The Kier molecular flexibility index (Phi) is 3.10. The Bertz CT molecular complexity index is 273. The first-order valence-electron chi connectivity index (χ1n) is 6.20. The van der Waals surface area contributed by atoms with Crippen molar-refractivity contribution in [1.29, 1.82) is 0 Å². The molecular weight excluding hydrogens is 204 g/mol. The quantitative estimate of drug-likeness (QED) is 0.684. The number of hydrogen-bond acceptors (Lipinski definition) is 3. The summed E-state index contributed by atoms with van der Waals surface area (Å²) in [7, 11) is 0. The molecule has 16 heavy (non-hydrogen) atoms. The Balaban J connectivity index is 2.00. The Labute approximate surface area is 97.3 Å². The summed E-state index contributed by atoms with van der Waals surface area (Å²) < 4.78 is 5.44. The molecule has 0 aromatic rings. The summed E-state index contributed by atoms with van der Waals surface area (Å²) in [4.78, 5) is 13.9. The highest BCUT2D eigenvalue weighted by Gasteiger charge is 2.38. The largest absolute Gasteiger partial charge is 0.444 e. The zero-order valence-electron chi connectivity index (χ0n) is 10.5. The average molecular weight is 226 g/mol. The van der Waals surface area contributed by atoms with Crippen molar-refractivity contribution >= 4 is 6.09 Å². The van der Waals surface area contributed by atoms with Crippen LogP contribution >= 0.6 is 0 Å². The minimum Gasteiger partial charge on any atom is -0.444 e. The molecule has 0 spiro atoms. The first kappa shape index (κ1) is 11.7. The maximum atomic E-state index is 12.0. The van der Waals surface area contributed by atoms with Crippen LogP contribution in [0.4, 0.5) is 4.79 Å². The van der Waals surface area contributed by atoms with Gasteiger partial charge in [-0.3, -0.25) is 0 Å². The van der Waals surface area contributed by atoms with Crippen molar-refractivity contribution in [1.82, 2.24) is 10.2 Å². The van der Waals surface area contributed by atoms with Crippen LogP contribution in [0.15, 0.2) is 0 Å². The summed E-state index contributed by atoms with van der Waals surface area (Å²) in [5, 5.41) is 3.46. The maximum absolute atomic E-state index is 12.0. The monoisotopic (exact) mass is 226 g/mol. The van der Waals surface area contributed by atoms with Crippen LogP contribution in [-0.2, 0) is 4.74 Å². The van der Waals surface area contributed by atoms with Gasteiger partial charge < -0.3 is 15.0 Å². The second kappa shape index (κ2) is 4.24. The molecule has 0 saturated carbocycles. The molecule has 0 radical (unpaired) electrons. The van der Waals surface area contributed by atoms with Crippen molar-refractivity contribution < 1.29 is 9.53 Å². The van der Waals surface area contributed by atoms with E-state index in [-0.39, 0.29) is 6.09 Å². The molecule has 0 bridgehead atoms. The minimum atomic E-state index is -0.393. The second-order valence-corrected chi connectivity index (χ2v) is 5.73. The van der Waals surface area contributed by atoms with E-state index in [0.717, 1.165) is 25.9 Å². The van der Waals surface area contributed by atoms with Crippen molar-refractivity contribution in [2.24, 2.45) is 0 Å². The number of carbonyl (C=O) groups is 1. The topological polar surface area (TPSA) is 41.6 Å². The normalized spacial score (nSPS) is 30.1. The van der Waals surface area contributed by atoms with E-state index >= 15 is 0 Å². The molecule has 4 nitrogen and oxygen atoms in total. The number of rotatable bonds is 0. The molecule has 0 aromatic heterocycles. The zero-order valence-corrected chi connectivity index (χ0v) is 10.5. The highest BCUT2D eigenvalue weighted by atomic mass is 16.6. The fraction of sp³-hybridized carbons (Fsp3) is 0.917. The molecule has 2 fully saturated rings. The number of likely N-dealkylation sites (tertiary alicyclic amines) is 1. The molecule has 2 aliphatic rings. The first-order valence-corrected chi connectivity index (χ1v) is 6.20. The van der Waals surface area contributed by atoms with Gasteiger partial charge in [-0.1, -0.05) is 0 Å². The van der Waals surface area contributed by atoms with E-state index in [0.29, 0.717) is 12.1 Å². The summed E-state index contributed by atoms with van der Waals surface area (Å²) in [6, 6.07) is 0.838. The van der Waals surface area contributed by atoms with Crippen LogP contribution in [0.1, 0.15) is 40.0 Å². The maximum Gasteiger partial charge on any atom is 0.410 e. The Hall–Kier alpha value is -0.770. The van der Waals surface area contributed by atoms with Crippen LogP contribution < -0.4 is 5.32 Å². The van der Waals surface area contributed by atoms with Crippen LogP contribution in [0, 0.1) is 0 Å². The van der Waals surface area contributed by atoms with Gasteiger partial charge in [-0.25, -0.2) is 4.79 Å². The summed E-state index contributed by atoms with van der Waals surface area (Å²) in [5.41, 5.74) is -0.393. The van der Waals surface area contributed by atoms with E-state index in [1.54, 1.807) is 0 Å². The number of nitrogens with one attached hydrogen (secondary N) is 1. The molecule has 92 valence electrons. The molecule has 0 aliphatic carbocycles. The number of nitrogens with zero attached hydrogens (tertiary/aromatic N) is 1. The van der Waals surface area contributed by atoms with E-state index in [4.69, 9.17) is 4.74 Å². The standard InChI is InChI=1S/C12H22N2O2/c1-12(2,3)16-11(15)14-8-4-5-9-10(14)6-7-13-9/h9-10,13H,4-8H2,1-3H3/t9-,10-/m1/s1. The van der Waals surface area contributed by atoms with Gasteiger partial charge in [0.15, 0.2) is 0 Å². The molecule has 2 atom stereocenters. The lowest BCUT2D eigenvalue weighted by Crippen LogP contribution is -2.52. The molecular formula is C12H22N2O2. The Morgan fingerprint density at radius 3 is 2.81 bits per heavy atom. The number of piperidine rings is 1. The van der Waals surface area contributed by atoms with Crippen molar-refractivity contribution in [3.63, 3.8) is 0 Å². The third kappa shape index (κ3) is 2.48. The Morgan fingerprint density at radius 2 is 2.12 bits per heavy atom. The summed E-state index contributed by atoms with van der Waals surface area (Å²) >= 11 is 0. The molecule has 1 N–H and O–H groups in total. The zero-order chi connectivity index (χ0) is 11.8. The van der Waals surface area contributed by atoms with Gasteiger partial charge in [0.05, 0.1) is 6.04 Å². The van der Waals surface area contributed by atoms with Crippen molar-refractivity contribution in [2.75, 3.05) is 13.1 Å². The number of fused-ring (bicyclic) bond motifs is 1. The SMILES string of the molecule is CC(C)(C)OC(=O)N1CCC[C@H]2NCC[C@H]21. The summed E-state index contributed by atoms with van der Waals surface area (Å²) in [5.74, 6) is 0. The fourth-order valence-electron chi connectivity index (χ4n) is 2.62. The van der Waals surface area contributed by atoms with Crippen molar-refractivity contribution in [2.45, 2.75) is 57.7 Å². The van der Waals surface area contributed by atoms with Gasteiger partial charge in [-0.05, 0) is 46.6 Å². The number of hydrogen-bond donors (Lipinski definition) is 1. The predicted octanol–water partition coefficient (Wildman–Crippen LogP) is 1.75. The molecule has 2 aliphatic heterocycles. The lowest BCUT2D eigenvalue weighted by Gasteiger charge is -2.38. The number of ether oxygens (including phenoxy) is 1. The molecule has 0 unspecified atom stereocenters. The van der Waals surface area contributed by atoms with Gasteiger partial charge in [0, 0.05) is 12.6 Å². The van der Waals surface area contributed by atoms with E-state index in [1.165, 1.54) is 6.42 Å². The third-order valence-corrected chi connectivity index (χ3v) is 3.25. The van der Waals surface area contributed by atoms with E-state index in [2.05, 4.69) is 5.32 Å². The fourth-order valence-corrected chi connectivity index (χ4v) is 2.62. The molecule has 2 rings (SSSR count). The number of carbonyl (C=O) groups excluding carboxylic acids is 1. The summed E-state index contributed by atoms with van der Waals surface area (Å²) in [6.45, 7) is 7.62. The molecule has 1 amide bonds. The smallest absolute Gasteiger partial charge is 0.410 e. The third-order valence-electron chi connectivity index (χ3n) is 3.25. The Morgan fingerprint density at radius 1 is 1.38 bits per heavy atom. The van der Waals surface area contributed by atoms with Gasteiger partial charge in [0.1, 0.15) is 5.60 Å². The molecule has 0 aromatic carbocycles. The van der Waals surface area contributed by atoms with Crippen LogP contribution in [0.3, 0.4) is 0 Å². The predicted molar refractivity (Wildman–Crippen MR) is 62.4 cm³/mol. The van der Waals surface area contributed by atoms with Gasteiger partial charge in [0.2, 0.25) is 0 Å². The highest BCUT2D eigenvalue weighted by molar-refractivity contribution is 5.69. The van der Waals surface area contributed by atoms with Gasteiger partial charge in [-0.2, -0.15) is 0 Å².